The number of rotatable bonds is 8. The minimum Gasteiger partial charge on any atom is -0.352 e. The monoisotopic (exact) mass is 483 g/mol. The Morgan fingerprint density at radius 2 is 1.56 bits per heavy atom. The van der Waals surface area contributed by atoms with Crippen molar-refractivity contribution in [2.75, 3.05) is 33.2 Å². The van der Waals surface area contributed by atoms with Gasteiger partial charge in [-0.2, -0.15) is 4.31 Å². The molecule has 1 amide bonds. The van der Waals surface area contributed by atoms with Crippen molar-refractivity contribution in [3.8, 4) is 0 Å². The Morgan fingerprint density at radius 3 is 2.26 bits per heavy atom. The molecule has 0 unspecified atom stereocenters. The zero-order valence-corrected chi connectivity index (χ0v) is 20.6. The lowest BCUT2D eigenvalue weighted by molar-refractivity contribution is -0.121. The maximum atomic E-state index is 12.8. The molecule has 182 valence electrons. The molecule has 2 aliphatic rings. The molecule has 0 atom stereocenters. The van der Waals surface area contributed by atoms with Gasteiger partial charge in [-0.3, -0.25) is 9.59 Å². The third kappa shape index (κ3) is 5.92. The number of benzene rings is 2. The first-order valence-corrected chi connectivity index (χ1v) is 13.5. The van der Waals surface area contributed by atoms with E-state index in [2.05, 4.69) is 16.3 Å². The quantitative estimate of drug-likeness (QED) is 0.584. The SMILES string of the molecule is CN1CCN(S(=O)(=O)c2ccc(CNC(=O)CCC(=O)c3ccc4c(c3)CCCC4)cc2)CC1. The number of carbonyl (C=O) groups is 2. The maximum absolute atomic E-state index is 12.8. The van der Waals surface area contributed by atoms with Crippen molar-refractivity contribution in [3.63, 3.8) is 0 Å². The van der Waals surface area contributed by atoms with Gasteiger partial charge in [0.25, 0.3) is 0 Å². The predicted octanol–water partition coefficient (Wildman–Crippen LogP) is 2.78. The fourth-order valence-corrected chi connectivity index (χ4v) is 5.95. The lowest BCUT2D eigenvalue weighted by Gasteiger charge is -2.31. The van der Waals surface area contributed by atoms with Crippen molar-refractivity contribution < 1.29 is 18.0 Å². The largest absolute Gasteiger partial charge is 0.352 e. The highest BCUT2D eigenvalue weighted by atomic mass is 32.2. The van der Waals surface area contributed by atoms with E-state index in [0.717, 1.165) is 37.9 Å². The fraction of sp³-hybridized carbons (Fsp3) is 0.462. The Labute approximate surface area is 202 Å². The van der Waals surface area contributed by atoms with Gasteiger partial charge in [0.2, 0.25) is 15.9 Å². The minimum absolute atomic E-state index is 0.0120. The Kier molecular flexibility index (Phi) is 7.80. The van der Waals surface area contributed by atoms with Gasteiger partial charge >= 0.3 is 0 Å². The highest BCUT2D eigenvalue weighted by Crippen LogP contribution is 2.23. The molecule has 34 heavy (non-hydrogen) atoms. The smallest absolute Gasteiger partial charge is 0.243 e. The first-order valence-electron chi connectivity index (χ1n) is 12.0. The summed E-state index contributed by atoms with van der Waals surface area (Å²) >= 11 is 0. The van der Waals surface area contributed by atoms with E-state index in [4.69, 9.17) is 0 Å². The fourth-order valence-electron chi connectivity index (χ4n) is 4.52. The average molecular weight is 484 g/mol. The summed E-state index contributed by atoms with van der Waals surface area (Å²) in [5, 5.41) is 2.83. The van der Waals surface area contributed by atoms with E-state index in [0.29, 0.717) is 25.2 Å². The van der Waals surface area contributed by atoms with Crippen LogP contribution in [0, 0.1) is 0 Å². The molecule has 7 nitrogen and oxygen atoms in total. The zero-order valence-electron chi connectivity index (χ0n) is 19.8. The molecular weight excluding hydrogens is 450 g/mol. The molecule has 8 heteroatoms. The summed E-state index contributed by atoms with van der Waals surface area (Å²) in [6.45, 7) is 2.71. The lowest BCUT2D eigenvalue weighted by Crippen LogP contribution is -2.47. The van der Waals surface area contributed by atoms with Gasteiger partial charge in [0.15, 0.2) is 5.78 Å². The van der Waals surface area contributed by atoms with E-state index >= 15 is 0 Å². The second-order valence-corrected chi connectivity index (χ2v) is 11.2. The number of carbonyl (C=O) groups excluding carboxylic acids is 2. The third-order valence-electron chi connectivity index (χ3n) is 6.76. The molecule has 0 radical (unpaired) electrons. The first kappa shape index (κ1) is 24.6. The van der Waals surface area contributed by atoms with Crippen LogP contribution in [-0.4, -0.2) is 62.5 Å². The van der Waals surface area contributed by atoms with Crippen molar-refractivity contribution in [2.24, 2.45) is 0 Å². The minimum atomic E-state index is -3.50. The number of hydrogen-bond acceptors (Lipinski definition) is 5. The van der Waals surface area contributed by atoms with Gasteiger partial charge in [-0.25, -0.2) is 8.42 Å². The molecule has 0 spiro atoms. The molecule has 1 N–H and O–H groups in total. The molecule has 1 aliphatic heterocycles. The Bertz CT molecular complexity index is 1140. The van der Waals surface area contributed by atoms with Gasteiger partial charge in [-0.1, -0.05) is 24.3 Å². The molecule has 2 aromatic rings. The van der Waals surface area contributed by atoms with E-state index in [1.165, 1.54) is 21.9 Å². The Balaban J connectivity index is 1.25. The van der Waals surface area contributed by atoms with E-state index < -0.39 is 10.0 Å². The van der Waals surface area contributed by atoms with E-state index in [9.17, 15) is 18.0 Å². The van der Waals surface area contributed by atoms with E-state index in [-0.39, 0.29) is 29.4 Å². The second-order valence-electron chi connectivity index (χ2n) is 9.24. The number of hydrogen-bond donors (Lipinski definition) is 1. The van der Waals surface area contributed by atoms with Crippen molar-refractivity contribution in [1.29, 1.82) is 0 Å². The predicted molar refractivity (Wildman–Crippen MR) is 131 cm³/mol. The van der Waals surface area contributed by atoms with Crippen LogP contribution in [0.5, 0.6) is 0 Å². The van der Waals surface area contributed by atoms with Gasteiger partial charge in [0.1, 0.15) is 0 Å². The molecule has 0 aromatic heterocycles. The van der Waals surface area contributed by atoms with Gasteiger partial charge in [-0.05, 0) is 67.6 Å². The summed E-state index contributed by atoms with van der Waals surface area (Å²) in [6, 6.07) is 12.6. The standard InChI is InChI=1S/C26H33N3O4S/c1-28-14-16-29(17-15-28)34(32,33)24-10-6-20(7-11-24)19-27-26(31)13-12-25(30)23-9-8-21-4-2-3-5-22(21)18-23/h6-11,18H,2-5,12-17,19H2,1H3,(H,27,31). The normalized spacial score (nSPS) is 17.2. The summed E-state index contributed by atoms with van der Waals surface area (Å²) in [4.78, 5) is 27.2. The number of aryl methyl sites for hydroxylation is 2. The number of nitrogens with one attached hydrogen (secondary N) is 1. The highest BCUT2D eigenvalue weighted by Gasteiger charge is 2.27. The molecule has 1 heterocycles. The highest BCUT2D eigenvalue weighted by molar-refractivity contribution is 7.89. The Hall–Kier alpha value is -2.55. The molecule has 1 aliphatic carbocycles. The molecule has 4 rings (SSSR count). The summed E-state index contributed by atoms with van der Waals surface area (Å²) < 4.78 is 27.2. The topological polar surface area (TPSA) is 86.8 Å². The van der Waals surface area contributed by atoms with Crippen LogP contribution >= 0.6 is 0 Å². The first-order chi connectivity index (χ1) is 16.3. The van der Waals surface area contributed by atoms with Crippen molar-refractivity contribution in [1.82, 2.24) is 14.5 Å². The number of sulfonamides is 1. The number of fused-ring (bicyclic) bond motifs is 1. The lowest BCUT2D eigenvalue weighted by atomic mass is 9.89. The van der Waals surface area contributed by atoms with Crippen LogP contribution < -0.4 is 5.32 Å². The van der Waals surface area contributed by atoms with Crippen LogP contribution in [0.2, 0.25) is 0 Å². The number of amides is 1. The molecule has 0 bridgehead atoms. The van der Waals surface area contributed by atoms with Crippen LogP contribution in [0.1, 0.15) is 52.7 Å². The third-order valence-corrected chi connectivity index (χ3v) is 8.68. The summed E-state index contributed by atoms with van der Waals surface area (Å²) in [7, 11) is -1.52. The second kappa shape index (κ2) is 10.8. The molecule has 0 saturated carbocycles. The molecular formula is C26H33N3O4S. The molecule has 2 aromatic carbocycles. The van der Waals surface area contributed by atoms with E-state index in [1.807, 2.05) is 19.2 Å². The van der Waals surface area contributed by atoms with Gasteiger partial charge in [0, 0.05) is 51.1 Å². The molecule has 1 saturated heterocycles. The number of ketones is 1. The summed E-state index contributed by atoms with van der Waals surface area (Å²) in [5.74, 6) is -0.206. The van der Waals surface area contributed by atoms with Crippen LogP contribution in [0.4, 0.5) is 0 Å². The van der Waals surface area contributed by atoms with Crippen molar-refractivity contribution in [2.45, 2.75) is 50.0 Å². The Morgan fingerprint density at radius 1 is 0.882 bits per heavy atom. The number of nitrogens with zero attached hydrogens (tertiary/aromatic N) is 2. The summed E-state index contributed by atoms with van der Waals surface area (Å²) in [5.41, 5.74) is 4.10. The molecule has 1 fully saturated rings. The zero-order chi connectivity index (χ0) is 24.1. The van der Waals surface area contributed by atoms with Crippen LogP contribution in [-0.2, 0) is 34.2 Å². The summed E-state index contributed by atoms with van der Waals surface area (Å²) in [6.07, 6.45) is 4.77. The van der Waals surface area contributed by atoms with Gasteiger partial charge in [-0.15, -0.1) is 0 Å². The van der Waals surface area contributed by atoms with E-state index in [1.54, 1.807) is 24.3 Å². The van der Waals surface area contributed by atoms with Gasteiger partial charge in [0.05, 0.1) is 4.90 Å². The maximum Gasteiger partial charge on any atom is 0.243 e. The van der Waals surface area contributed by atoms with Crippen LogP contribution in [0.3, 0.4) is 0 Å². The number of Topliss-reactive ketones (excluding diaryl/α,β-unsaturated/α-hetero) is 1. The van der Waals surface area contributed by atoms with Crippen molar-refractivity contribution in [3.05, 3.63) is 64.7 Å². The number of piperazine rings is 1. The van der Waals surface area contributed by atoms with Crippen LogP contribution in [0.15, 0.2) is 47.4 Å². The van der Waals surface area contributed by atoms with Crippen molar-refractivity contribution >= 4 is 21.7 Å². The van der Waals surface area contributed by atoms with Gasteiger partial charge < -0.3 is 10.2 Å². The van der Waals surface area contributed by atoms with Crippen LogP contribution in [0.25, 0.3) is 0 Å². The average Bonchev–Trinajstić information content (AvgIpc) is 2.86. The number of likely N-dealkylation sites (N-methyl/N-ethyl adjacent to an activating group) is 1.